The molecule has 0 fully saturated rings. The fourth-order valence-electron chi connectivity index (χ4n) is 1.60. The van der Waals surface area contributed by atoms with E-state index in [4.69, 9.17) is 5.26 Å². The van der Waals surface area contributed by atoms with Gasteiger partial charge in [-0.3, -0.25) is 4.79 Å². The lowest BCUT2D eigenvalue weighted by Gasteiger charge is -2.07. The van der Waals surface area contributed by atoms with Crippen molar-refractivity contribution in [2.45, 2.75) is 13.8 Å². The fraction of sp³-hybridized carbons (Fsp3) is 0.154. The first-order chi connectivity index (χ1) is 9.10. The van der Waals surface area contributed by atoms with Crippen LogP contribution in [-0.4, -0.2) is 10.3 Å². The zero-order valence-corrected chi connectivity index (χ0v) is 11.3. The van der Waals surface area contributed by atoms with Crippen molar-refractivity contribution in [2.24, 2.45) is 0 Å². The van der Waals surface area contributed by atoms with Crippen molar-refractivity contribution in [3.8, 4) is 6.07 Å². The van der Waals surface area contributed by atoms with Crippen LogP contribution in [-0.2, 0) is 4.79 Å². The molecule has 0 saturated carbocycles. The number of anilines is 3. The first-order valence-electron chi connectivity index (χ1n) is 5.61. The number of carbonyl (C=O) groups is 1. The molecule has 1 heterocycles. The van der Waals surface area contributed by atoms with E-state index >= 15 is 0 Å². The molecular formula is C13H12N4OS. The van der Waals surface area contributed by atoms with Gasteiger partial charge in [-0.25, -0.2) is 0 Å². The summed E-state index contributed by atoms with van der Waals surface area (Å²) in [7, 11) is 0. The molecule has 0 bridgehead atoms. The van der Waals surface area contributed by atoms with E-state index in [2.05, 4.69) is 21.1 Å². The van der Waals surface area contributed by atoms with E-state index in [0.29, 0.717) is 21.9 Å². The molecule has 0 saturated heterocycles. The molecule has 0 spiro atoms. The van der Waals surface area contributed by atoms with Gasteiger partial charge < -0.3 is 10.6 Å². The Bertz CT molecular complexity index is 657. The van der Waals surface area contributed by atoms with Crippen LogP contribution in [0.4, 0.5) is 16.4 Å². The Morgan fingerprint density at radius 3 is 2.84 bits per heavy atom. The molecule has 6 heteroatoms. The molecule has 0 aliphatic carbocycles. The number of aromatic nitrogens is 1. The number of amides is 1. The van der Waals surface area contributed by atoms with Crippen molar-refractivity contribution >= 4 is 33.8 Å². The highest BCUT2D eigenvalue weighted by Crippen LogP contribution is 2.28. The Morgan fingerprint density at radius 2 is 2.16 bits per heavy atom. The molecule has 0 radical (unpaired) electrons. The highest BCUT2D eigenvalue weighted by atomic mass is 32.1. The van der Waals surface area contributed by atoms with Crippen molar-refractivity contribution in [1.82, 2.24) is 4.37 Å². The maximum Gasteiger partial charge on any atom is 0.221 e. The number of nitrogens with zero attached hydrogens (tertiary/aromatic N) is 2. The zero-order chi connectivity index (χ0) is 13.8. The van der Waals surface area contributed by atoms with Gasteiger partial charge in [0.2, 0.25) is 5.91 Å². The number of nitriles is 1. The zero-order valence-electron chi connectivity index (χ0n) is 10.5. The second-order valence-electron chi connectivity index (χ2n) is 3.97. The van der Waals surface area contributed by atoms with Gasteiger partial charge in [-0.15, -0.1) is 0 Å². The van der Waals surface area contributed by atoms with E-state index in [-0.39, 0.29) is 5.91 Å². The van der Waals surface area contributed by atoms with E-state index < -0.39 is 0 Å². The summed E-state index contributed by atoms with van der Waals surface area (Å²) in [5.41, 5.74) is 2.77. The summed E-state index contributed by atoms with van der Waals surface area (Å²) in [6, 6.07) is 9.42. The molecule has 19 heavy (non-hydrogen) atoms. The third-order valence-corrected chi connectivity index (χ3v) is 3.27. The average Bonchev–Trinajstić information content (AvgIpc) is 2.69. The van der Waals surface area contributed by atoms with Gasteiger partial charge in [-0.1, -0.05) is 6.07 Å². The van der Waals surface area contributed by atoms with Gasteiger partial charge in [0.15, 0.2) is 0 Å². The fourth-order valence-corrected chi connectivity index (χ4v) is 2.36. The Hall–Kier alpha value is -2.39. The largest absolute Gasteiger partial charge is 0.345 e. The molecule has 96 valence electrons. The minimum absolute atomic E-state index is 0.122. The second kappa shape index (κ2) is 5.50. The van der Waals surface area contributed by atoms with E-state index in [0.717, 1.165) is 5.69 Å². The lowest BCUT2D eigenvalue weighted by Crippen LogP contribution is -2.05. The van der Waals surface area contributed by atoms with E-state index in [9.17, 15) is 4.79 Å². The smallest absolute Gasteiger partial charge is 0.221 e. The Kier molecular flexibility index (Phi) is 3.78. The van der Waals surface area contributed by atoms with E-state index in [1.807, 2.05) is 12.1 Å². The van der Waals surface area contributed by atoms with Crippen LogP contribution in [0, 0.1) is 18.3 Å². The summed E-state index contributed by atoms with van der Waals surface area (Å²) in [4.78, 5) is 11.0. The number of carbonyl (C=O) groups excluding carboxylic acids is 1. The van der Waals surface area contributed by atoms with Crippen molar-refractivity contribution < 1.29 is 4.79 Å². The van der Waals surface area contributed by atoms with Crippen LogP contribution >= 0.6 is 11.5 Å². The van der Waals surface area contributed by atoms with Crippen LogP contribution in [0.3, 0.4) is 0 Å². The van der Waals surface area contributed by atoms with Gasteiger partial charge >= 0.3 is 0 Å². The summed E-state index contributed by atoms with van der Waals surface area (Å²) in [5, 5.41) is 15.6. The van der Waals surface area contributed by atoms with Gasteiger partial charge in [0.1, 0.15) is 16.6 Å². The molecule has 2 aromatic rings. The van der Waals surface area contributed by atoms with Gasteiger partial charge in [0.25, 0.3) is 0 Å². The monoisotopic (exact) mass is 272 g/mol. The minimum Gasteiger partial charge on any atom is -0.345 e. The van der Waals surface area contributed by atoms with Crippen molar-refractivity contribution in [3.05, 3.63) is 35.5 Å². The highest BCUT2D eigenvalue weighted by Gasteiger charge is 2.10. The van der Waals surface area contributed by atoms with Gasteiger partial charge in [-0.05, 0) is 36.7 Å². The second-order valence-corrected chi connectivity index (χ2v) is 4.74. The summed E-state index contributed by atoms with van der Waals surface area (Å²) in [5.74, 6) is -0.122. The molecule has 1 aromatic carbocycles. The number of benzene rings is 1. The maximum absolute atomic E-state index is 11.0. The maximum atomic E-state index is 11.0. The lowest BCUT2D eigenvalue weighted by atomic mass is 10.2. The van der Waals surface area contributed by atoms with E-state index in [1.165, 1.54) is 18.5 Å². The molecule has 0 unspecified atom stereocenters. The van der Waals surface area contributed by atoms with Crippen molar-refractivity contribution in [2.75, 3.05) is 10.6 Å². The van der Waals surface area contributed by atoms with Crippen molar-refractivity contribution in [3.63, 3.8) is 0 Å². The average molecular weight is 272 g/mol. The molecule has 0 atom stereocenters. The van der Waals surface area contributed by atoms with Gasteiger partial charge in [0, 0.05) is 18.3 Å². The molecule has 0 aliphatic rings. The van der Waals surface area contributed by atoms with Crippen LogP contribution in [0.15, 0.2) is 24.3 Å². The number of aryl methyl sites for hydroxylation is 1. The molecular weight excluding hydrogens is 260 g/mol. The highest BCUT2D eigenvalue weighted by molar-refractivity contribution is 7.10. The van der Waals surface area contributed by atoms with Crippen LogP contribution in [0.25, 0.3) is 0 Å². The number of rotatable bonds is 3. The van der Waals surface area contributed by atoms with E-state index in [1.54, 1.807) is 19.1 Å². The third kappa shape index (κ3) is 3.09. The topological polar surface area (TPSA) is 77.8 Å². The predicted octanol–water partition coefficient (Wildman–Crippen LogP) is 3.03. The van der Waals surface area contributed by atoms with Crippen molar-refractivity contribution in [1.29, 1.82) is 5.26 Å². The molecule has 1 aromatic heterocycles. The summed E-state index contributed by atoms with van der Waals surface area (Å²) >= 11 is 1.24. The SMILES string of the molecule is CC(=O)Nc1cccc(Nc2snc(C)c2C#N)c1. The number of hydrogen-bond donors (Lipinski definition) is 2. The van der Waals surface area contributed by atoms with Crippen LogP contribution in [0.1, 0.15) is 18.2 Å². The molecule has 5 nitrogen and oxygen atoms in total. The molecule has 0 aliphatic heterocycles. The van der Waals surface area contributed by atoms with Gasteiger partial charge in [-0.2, -0.15) is 9.64 Å². The summed E-state index contributed by atoms with van der Waals surface area (Å²) in [6.45, 7) is 3.26. The molecule has 2 rings (SSSR count). The Balaban J connectivity index is 2.24. The molecule has 1 amide bonds. The quantitative estimate of drug-likeness (QED) is 0.900. The standard InChI is InChI=1S/C13H12N4OS/c1-8-12(7-14)13(19-17-8)16-11-5-3-4-10(6-11)15-9(2)18/h3-6,16H,1-2H3,(H,15,18). The first-order valence-corrected chi connectivity index (χ1v) is 6.38. The Morgan fingerprint density at radius 1 is 1.42 bits per heavy atom. The van der Waals surface area contributed by atoms with Crippen LogP contribution < -0.4 is 10.6 Å². The first kappa shape index (κ1) is 13.1. The molecule has 2 N–H and O–H groups in total. The normalized spacial score (nSPS) is 9.74. The minimum atomic E-state index is -0.122. The summed E-state index contributed by atoms with van der Waals surface area (Å²) < 4.78 is 4.14. The number of hydrogen-bond acceptors (Lipinski definition) is 5. The lowest BCUT2D eigenvalue weighted by molar-refractivity contribution is -0.114. The van der Waals surface area contributed by atoms with Crippen LogP contribution in [0.2, 0.25) is 0 Å². The summed E-state index contributed by atoms with van der Waals surface area (Å²) in [6.07, 6.45) is 0. The predicted molar refractivity (Wildman–Crippen MR) is 75.6 cm³/mol. The van der Waals surface area contributed by atoms with Gasteiger partial charge in [0.05, 0.1) is 5.69 Å². The van der Waals surface area contributed by atoms with Crippen LogP contribution in [0.5, 0.6) is 0 Å². The Labute approximate surface area is 115 Å². The third-order valence-electron chi connectivity index (χ3n) is 2.42. The number of nitrogens with one attached hydrogen (secondary N) is 2.